The topological polar surface area (TPSA) is 72.1 Å². The summed E-state index contributed by atoms with van der Waals surface area (Å²) in [5, 5.41) is 4.10. The van der Waals surface area contributed by atoms with E-state index in [2.05, 4.69) is 15.1 Å². The van der Waals surface area contributed by atoms with E-state index in [1.807, 2.05) is 36.1 Å². The number of aryl methyl sites for hydroxylation is 1. The van der Waals surface area contributed by atoms with E-state index in [4.69, 9.17) is 4.52 Å². The molecule has 0 saturated carbocycles. The third kappa shape index (κ3) is 3.03. The van der Waals surface area contributed by atoms with Crippen LogP contribution in [0.4, 0.5) is 0 Å². The molecule has 6 nitrogen and oxygen atoms in total. The van der Waals surface area contributed by atoms with Crippen molar-refractivity contribution in [2.45, 2.75) is 25.8 Å². The highest BCUT2D eigenvalue weighted by Crippen LogP contribution is 2.33. The number of likely N-dealkylation sites (tertiary alicyclic amines) is 1. The van der Waals surface area contributed by atoms with Crippen molar-refractivity contribution in [1.82, 2.24) is 20.0 Å². The van der Waals surface area contributed by atoms with Crippen molar-refractivity contribution < 1.29 is 9.32 Å². The molecule has 1 amide bonds. The Morgan fingerprint density at radius 2 is 2.08 bits per heavy atom. The zero-order chi connectivity index (χ0) is 17.2. The van der Waals surface area contributed by atoms with E-state index in [9.17, 15) is 4.79 Å². The maximum Gasteiger partial charge on any atom is 0.254 e. The van der Waals surface area contributed by atoms with E-state index < -0.39 is 0 Å². The first-order valence-corrected chi connectivity index (χ1v) is 8.34. The predicted molar refractivity (Wildman–Crippen MR) is 91.7 cm³/mol. The average Bonchev–Trinajstić information content (AvgIpc) is 3.31. The van der Waals surface area contributed by atoms with E-state index in [-0.39, 0.29) is 11.9 Å². The molecule has 0 radical (unpaired) electrons. The minimum absolute atomic E-state index is 0.0276. The first-order valence-electron chi connectivity index (χ1n) is 8.34. The van der Waals surface area contributed by atoms with Crippen LogP contribution < -0.4 is 0 Å². The number of carbonyl (C=O) groups is 1. The molecule has 3 aromatic rings. The molecule has 0 N–H and O–H groups in total. The van der Waals surface area contributed by atoms with Crippen LogP contribution in [-0.4, -0.2) is 32.5 Å². The summed E-state index contributed by atoms with van der Waals surface area (Å²) in [7, 11) is 0. The summed E-state index contributed by atoms with van der Waals surface area (Å²) >= 11 is 0. The Kier molecular flexibility index (Phi) is 4.01. The van der Waals surface area contributed by atoms with Gasteiger partial charge in [0.25, 0.3) is 5.91 Å². The molecule has 0 spiro atoms. The lowest BCUT2D eigenvalue weighted by Gasteiger charge is -2.21. The van der Waals surface area contributed by atoms with Gasteiger partial charge in [-0.05, 0) is 38.0 Å². The van der Waals surface area contributed by atoms with E-state index in [1.54, 1.807) is 24.5 Å². The highest BCUT2D eigenvalue weighted by atomic mass is 16.5. The van der Waals surface area contributed by atoms with Gasteiger partial charge in [0.05, 0.1) is 0 Å². The van der Waals surface area contributed by atoms with Crippen LogP contribution in [0.15, 0.2) is 53.3 Å². The second kappa shape index (κ2) is 6.47. The SMILES string of the molecule is Cc1cccc(-c2noc(C3CCCN3C(=O)c3ccncc3)n2)c1. The Labute approximate surface area is 145 Å². The van der Waals surface area contributed by atoms with Gasteiger partial charge in [-0.15, -0.1) is 0 Å². The molecular formula is C19H18N4O2. The molecule has 0 aliphatic carbocycles. The zero-order valence-corrected chi connectivity index (χ0v) is 13.9. The van der Waals surface area contributed by atoms with Gasteiger partial charge in [0.1, 0.15) is 6.04 Å². The quantitative estimate of drug-likeness (QED) is 0.734. The molecule has 1 aromatic carbocycles. The molecule has 1 unspecified atom stereocenters. The van der Waals surface area contributed by atoms with E-state index in [1.165, 1.54) is 0 Å². The highest BCUT2D eigenvalue weighted by Gasteiger charge is 2.34. The molecule has 6 heteroatoms. The molecule has 1 aliphatic rings. The van der Waals surface area contributed by atoms with E-state index in [0.717, 1.165) is 24.0 Å². The van der Waals surface area contributed by atoms with Gasteiger partial charge in [0, 0.05) is 30.1 Å². The summed E-state index contributed by atoms with van der Waals surface area (Å²) in [6.45, 7) is 2.71. The third-order valence-corrected chi connectivity index (χ3v) is 4.44. The molecular weight excluding hydrogens is 316 g/mol. The number of hydrogen-bond donors (Lipinski definition) is 0. The van der Waals surface area contributed by atoms with Gasteiger partial charge in [-0.25, -0.2) is 0 Å². The van der Waals surface area contributed by atoms with Gasteiger partial charge in [0.2, 0.25) is 11.7 Å². The number of nitrogens with zero attached hydrogens (tertiary/aromatic N) is 4. The van der Waals surface area contributed by atoms with Crippen LogP contribution in [0, 0.1) is 6.92 Å². The van der Waals surface area contributed by atoms with Crippen LogP contribution in [0.2, 0.25) is 0 Å². The van der Waals surface area contributed by atoms with Gasteiger partial charge < -0.3 is 9.42 Å². The third-order valence-electron chi connectivity index (χ3n) is 4.44. The molecule has 1 saturated heterocycles. The van der Waals surface area contributed by atoms with Crippen LogP contribution in [-0.2, 0) is 0 Å². The first kappa shape index (κ1) is 15.5. The number of aromatic nitrogens is 3. The maximum absolute atomic E-state index is 12.8. The van der Waals surface area contributed by atoms with Gasteiger partial charge in [-0.1, -0.05) is 28.9 Å². The normalized spacial score (nSPS) is 17.0. The van der Waals surface area contributed by atoms with Crippen molar-refractivity contribution in [3.63, 3.8) is 0 Å². The second-order valence-corrected chi connectivity index (χ2v) is 6.22. The van der Waals surface area contributed by atoms with Gasteiger partial charge in [-0.2, -0.15) is 4.98 Å². The van der Waals surface area contributed by atoms with Crippen molar-refractivity contribution in [3.8, 4) is 11.4 Å². The van der Waals surface area contributed by atoms with Crippen molar-refractivity contribution >= 4 is 5.91 Å². The minimum atomic E-state index is -0.174. The lowest BCUT2D eigenvalue weighted by atomic mass is 10.1. The Balaban J connectivity index is 1.60. The van der Waals surface area contributed by atoms with Crippen LogP contribution >= 0.6 is 0 Å². The molecule has 1 fully saturated rings. The number of benzene rings is 1. The molecule has 3 heterocycles. The average molecular weight is 334 g/mol. The maximum atomic E-state index is 12.8. The van der Waals surface area contributed by atoms with Crippen molar-refractivity contribution in [1.29, 1.82) is 0 Å². The molecule has 126 valence electrons. The van der Waals surface area contributed by atoms with Gasteiger partial charge in [0.15, 0.2) is 0 Å². The molecule has 0 bridgehead atoms. The molecule has 1 atom stereocenters. The standard InChI is InChI=1S/C19H18N4O2/c1-13-4-2-5-15(12-13)17-21-18(25-22-17)16-6-3-11-23(16)19(24)14-7-9-20-10-8-14/h2,4-5,7-10,12,16H,3,6,11H2,1H3. The number of carbonyl (C=O) groups excluding carboxylic acids is 1. The second-order valence-electron chi connectivity index (χ2n) is 6.22. The van der Waals surface area contributed by atoms with E-state index in [0.29, 0.717) is 23.8 Å². The van der Waals surface area contributed by atoms with Crippen molar-refractivity contribution in [2.75, 3.05) is 6.54 Å². The Morgan fingerprint density at radius 3 is 2.88 bits per heavy atom. The number of rotatable bonds is 3. The number of pyridine rings is 1. The fraction of sp³-hybridized carbons (Fsp3) is 0.263. The molecule has 4 rings (SSSR count). The first-order chi connectivity index (χ1) is 12.2. The number of hydrogen-bond acceptors (Lipinski definition) is 5. The van der Waals surface area contributed by atoms with E-state index >= 15 is 0 Å². The molecule has 2 aromatic heterocycles. The van der Waals surface area contributed by atoms with Crippen molar-refractivity contribution in [2.24, 2.45) is 0 Å². The Hall–Kier alpha value is -3.02. The van der Waals surface area contributed by atoms with Gasteiger partial charge in [-0.3, -0.25) is 9.78 Å². The molecule has 25 heavy (non-hydrogen) atoms. The monoisotopic (exact) mass is 334 g/mol. The summed E-state index contributed by atoms with van der Waals surface area (Å²) in [4.78, 5) is 23.1. The highest BCUT2D eigenvalue weighted by molar-refractivity contribution is 5.94. The Bertz CT molecular complexity index is 891. The number of amides is 1. The zero-order valence-electron chi connectivity index (χ0n) is 13.9. The predicted octanol–water partition coefficient (Wildman–Crippen LogP) is 3.42. The van der Waals surface area contributed by atoms with Crippen LogP contribution in [0.3, 0.4) is 0 Å². The summed E-state index contributed by atoms with van der Waals surface area (Å²) in [5.41, 5.74) is 2.68. The summed E-state index contributed by atoms with van der Waals surface area (Å²) in [6, 6.07) is 11.2. The lowest BCUT2D eigenvalue weighted by Crippen LogP contribution is -2.30. The lowest BCUT2D eigenvalue weighted by molar-refractivity contribution is 0.0710. The van der Waals surface area contributed by atoms with Crippen LogP contribution in [0.5, 0.6) is 0 Å². The molecule has 1 aliphatic heterocycles. The fourth-order valence-corrected chi connectivity index (χ4v) is 3.20. The van der Waals surface area contributed by atoms with Crippen molar-refractivity contribution in [3.05, 3.63) is 65.8 Å². The summed E-state index contributed by atoms with van der Waals surface area (Å²) in [6.07, 6.45) is 5.00. The summed E-state index contributed by atoms with van der Waals surface area (Å²) < 4.78 is 5.49. The van der Waals surface area contributed by atoms with Crippen LogP contribution in [0.1, 0.15) is 40.7 Å². The minimum Gasteiger partial charge on any atom is -0.337 e. The largest absolute Gasteiger partial charge is 0.337 e. The van der Waals surface area contributed by atoms with Gasteiger partial charge >= 0.3 is 0 Å². The Morgan fingerprint density at radius 1 is 1.24 bits per heavy atom. The smallest absolute Gasteiger partial charge is 0.254 e. The van der Waals surface area contributed by atoms with Crippen LogP contribution in [0.25, 0.3) is 11.4 Å². The summed E-state index contributed by atoms with van der Waals surface area (Å²) in [5.74, 6) is 1.03. The fourth-order valence-electron chi connectivity index (χ4n) is 3.20.